The molecule has 1 heterocycles. The standard InChI is InChI=1S/C14H20ClN3S/c1-17-7-3-4-11(9-17)18(2)13-8-10(15)5-6-12(13)14(16)19/h5-6,8,11H,3-4,7,9H2,1-2H3,(H2,16,19). The van der Waals surface area contributed by atoms with Gasteiger partial charge in [-0.15, -0.1) is 0 Å². The Bertz CT molecular complexity index is 478. The van der Waals surface area contributed by atoms with E-state index >= 15 is 0 Å². The molecular weight excluding hydrogens is 278 g/mol. The highest BCUT2D eigenvalue weighted by molar-refractivity contribution is 7.80. The number of benzene rings is 1. The van der Waals surface area contributed by atoms with E-state index in [9.17, 15) is 0 Å². The first-order chi connectivity index (χ1) is 8.99. The van der Waals surface area contributed by atoms with Gasteiger partial charge in [-0.25, -0.2) is 0 Å². The maximum Gasteiger partial charge on any atom is 0.106 e. The Morgan fingerprint density at radius 2 is 2.26 bits per heavy atom. The first-order valence-corrected chi connectivity index (χ1v) is 7.28. The maximum atomic E-state index is 6.11. The summed E-state index contributed by atoms with van der Waals surface area (Å²) in [5.41, 5.74) is 7.74. The number of anilines is 1. The van der Waals surface area contributed by atoms with E-state index in [1.165, 1.54) is 19.4 Å². The highest BCUT2D eigenvalue weighted by atomic mass is 35.5. The van der Waals surface area contributed by atoms with Crippen LogP contribution in [0, 0.1) is 0 Å². The highest BCUT2D eigenvalue weighted by Gasteiger charge is 2.23. The van der Waals surface area contributed by atoms with Gasteiger partial charge in [0.1, 0.15) is 4.99 Å². The van der Waals surface area contributed by atoms with E-state index in [1.54, 1.807) is 0 Å². The molecule has 1 aliphatic rings. The third-order valence-corrected chi connectivity index (χ3v) is 4.21. The van der Waals surface area contributed by atoms with Crippen molar-refractivity contribution in [2.75, 3.05) is 32.1 Å². The normalized spacial score (nSPS) is 20.3. The molecule has 2 rings (SSSR count). The molecule has 104 valence electrons. The molecule has 5 heteroatoms. The molecule has 0 radical (unpaired) electrons. The molecule has 0 aromatic heterocycles. The minimum atomic E-state index is 0.419. The van der Waals surface area contributed by atoms with Crippen LogP contribution in [0.4, 0.5) is 5.69 Å². The molecule has 0 saturated carbocycles. The van der Waals surface area contributed by atoms with E-state index in [2.05, 4.69) is 23.9 Å². The van der Waals surface area contributed by atoms with Crippen molar-refractivity contribution in [1.82, 2.24) is 4.90 Å². The van der Waals surface area contributed by atoms with Gasteiger partial charge in [-0.2, -0.15) is 0 Å². The number of hydrogen-bond acceptors (Lipinski definition) is 3. The zero-order valence-corrected chi connectivity index (χ0v) is 13.0. The number of nitrogens with zero attached hydrogens (tertiary/aromatic N) is 2. The van der Waals surface area contributed by atoms with E-state index < -0.39 is 0 Å². The van der Waals surface area contributed by atoms with Crippen LogP contribution in [0.25, 0.3) is 0 Å². The fraction of sp³-hybridized carbons (Fsp3) is 0.500. The SMILES string of the molecule is CN1CCCC(N(C)c2cc(Cl)ccc2C(N)=S)C1. The molecule has 0 spiro atoms. The quantitative estimate of drug-likeness (QED) is 0.869. The van der Waals surface area contributed by atoms with Crippen molar-refractivity contribution in [3.8, 4) is 0 Å². The average Bonchev–Trinajstić information content (AvgIpc) is 2.37. The summed E-state index contributed by atoms with van der Waals surface area (Å²) in [6, 6.07) is 6.17. The zero-order valence-electron chi connectivity index (χ0n) is 11.4. The smallest absolute Gasteiger partial charge is 0.106 e. The van der Waals surface area contributed by atoms with Gasteiger partial charge in [0.2, 0.25) is 0 Å². The molecule has 3 nitrogen and oxygen atoms in total. The van der Waals surface area contributed by atoms with Gasteiger partial charge in [0.25, 0.3) is 0 Å². The van der Waals surface area contributed by atoms with E-state index in [-0.39, 0.29) is 0 Å². The van der Waals surface area contributed by atoms with E-state index in [0.29, 0.717) is 16.1 Å². The Labute approximate surface area is 125 Å². The van der Waals surface area contributed by atoms with Crippen LogP contribution in [0.2, 0.25) is 5.02 Å². The summed E-state index contributed by atoms with van der Waals surface area (Å²) in [6.45, 7) is 2.22. The van der Waals surface area contributed by atoms with Crippen molar-refractivity contribution in [2.24, 2.45) is 5.73 Å². The summed E-state index contributed by atoms with van der Waals surface area (Å²) in [6.07, 6.45) is 2.40. The minimum Gasteiger partial charge on any atom is -0.389 e. The number of halogens is 1. The van der Waals surface area contributed by atoms with E-state index in [0.717, 1.165) is 17.8 Å². The molecule has 1 saturated heterocycles. The lowest BCUT2D eigenvalue weighted by Crippen LogP contribution is -2.45. The Morgan fingerprint density at radius 1 is 1.53 bits per heavy atom. The molecular formula is C14H20ClN3S. The van der Waals surface area contributed by atoms with Crippen molar-refractivity contribution in [3.63, 3.8) is 0 Å². The molecule has 1 aliphatic heterocycles. The average molecular weight is 298 g/mol. The van der Waals surface area contributed by atoms with Gasteiger partial charge in [-0.3, -0.25) is 0 Å². The van der Waals surface area contributed by atoms with Gasteiger partial charge in [0.15, 0.2) is 0 Å². The van der Waals surface area contributed by atoms with Crippen LogP contribution >= 0.6 is 23.8 Å². The zero-order chi connectivity index (χ0) is 14.0. The molecule has 0 bridgehead atoms. The lowest BCUT2D eigenvalue weighted by Gasteiger charge is -2.38. The molecule has 1 aromatic rings. The molecule has 1 atom stereocenters. The summed E-state index contributed by atoms with van der Waals surface area (Å²) in [4.78, 5) is 5.04. The predicted molar refractivity (Wildman–Crippen MR) is 86.3 cm³/mol. The fourth-order valence-corrected chi connectivity index (χ4v) is 3.00. The molecule has 0 aliphatic carbocycles. The Kier molecular flexibility index (Phi) is 4.66. The summed E-state index contributed by atoms with van der Waals surface area (Å²) in [5.74, 6) is 0. The fourth-order valence-electron chi connectivity index (χ4n) is 2.66. The van der Waals surface area contributed by atoms with Crippen molar-refractivity contribution in [3.05, 3.63) is 28.8 Å². The van der Waals surface area contributed by atoms with Crippen LogP contribution in [-0.4, -0.2) is 43.1 Å². The van der Waals surface area contributed by atoms with Crippen molar-refractivity contribution in [1.29, 1.82) is 0 Å². The van der Waals surface area contributed by atoms with Crippen LogP contribution in [-0.2, 0) is 0 Å². The molecule has 1 fully saturated rings. The second-order valence-corrected chi connectivity index (χ2v) is 6.07. The van der Waals surface area contributed by atoms with E-state index in [4.69, 9.17) is 29.6 Å². The number of nitrogens with two attached hydrogens (primary N) is 1. The second kappa shape index (κ2) is 6.07. The molecule has 2 N–H and O–H groups in total. The number of likely N-dealkylation sites (tertiary alicyclic amines) is 1. The van der Waals surface area contributed by atoms with Gasteiger partial charge < -0.3 is 15.5 Å². The lowest BCUT2D eigenvalue weighted by atomic mass is 10.0. The molecule has 0 amide bonds. The van der Waals surface area contributed by atoms with Crippen LogP contribution in [0.1, 0.15) is 18.4 Å². The third-order valence-electron chi connectivity index (χ3n) is 3.75. The Balaban J connectivity index is 2.29. The second-order valence-electron chi connectivity index (χ2n) is 5.19. The summed E-state index contributed by atoms with van der Waals surface area (Å²) < 4.78 is 0. The molecule has 1 unspecified atom stereocenters. The highest BCUT2D eigenvalue weighted by Crippen LogP contribution is 2.27. The summed E-state index contributed by atoms with van der Waals surface area (Å²) >= 11 is 11.2. The van der Waals surface area contributed by atoms with Gasteiger partial charge in [0.05, 0.1) is 0 Å². The predicted octanol–water partition coefficient (Wildman–Crippen LogP) is 2.50. The van der Waals surface area contributed by atoms with Gasteiger partial charge >= 0.3 is 0 Å². The number of thiocarbonyl (C=S) groups is 1. The minimum absolute atomic E-state index is 0.419. The van der Waals surface area contributed by atoms with Crippen molar-refractivity contribution in [2.45, 2.75) is 18.9 Å². The summed E-state index contributed by atoms with van der Waals surface area (Å²) in [5, 5.41) is 0.714. The maximum absolute atomic E-state index is 6.11. The van der Waals surface area contributed by atoms with Crippen LogP contribution in [0.15, 0.2) is 18.2 Å². The lowest BCUT2D eigenvalue weighted by molar-refractivity contribution is 0.248. The van der Waals surface area contributed by atoms with Crippen LogP contribution in [0.3, 0.4) is 0 Å². The first-order valence-electron chi connectivity index (χ1n) is 6.50. The van der Waals surface area contributed by atoms with Crippen LogP contribution in [0.5, 0.6) is 0 Å². The number of hydrogen-bond donors (Lipinski definition) is 1. The van der Waals surface area contributed by atoms with Crippen molar-refractivity contribution < 1.29 is 0 Å². The van der Waals surface area contributed by atoms with E-state index in [1.807, 2.05) is 18.2 Å². The number of piperidine rings is 1. The Hall–Kier alpha value is -0.840. The molecule has 19 heavy (non-hydrogen) atoms. The Morgan fingerprint density at radius 3 is 2.89 bits per heavy atom. The summed E-state index contributed by atoms with van der Waals surface area (Å²) in [7, 11) is 4.25. The topological polar surface area (TPSA) is 32.5 Å². The monoisotopic (exact) mass is 297 g/mol. The first kappa shape index (κ1) is 14.6. The van der Waals surface area contributed by atoms with Gasteiger partial charge in [0, 0.05) is 35.9 Å². The number of rotatable bonds is 3. The third kappa shape index (κ3) is 3.38. The largest absolute Gasteiger partial charge is 0.389 e. The molecule has 1 aromatic carbocycles. The van der Waals surface area contributed by atoms with Crippen LogP contribution < -0.4 is 10.6 Å². The van der Waals surface area contributed by atoms with Gasteiger partial charge in [-0.05, 0) is 44.6 Å². The van der Waals surface area contributed by atoms with Gasteiger partial charge in [-0.1, -0.05) is 23.8 Å². The number of likely N-dealkylation sites (N-methyl/N-ethyl adjacent to an activating group) is 2. The van der Waals surface area contributed by atoms with Crippen molar-refractivity contribution >= 4 is 34.5 Å².